The van der Waals surface area contributed by atoms with Crippen LogP contribution in [0.2, 0.25) is 0 Å². The highest BCUT2D eigenvalue weighted by molar-refractivity contribution is 5.94. The van der Waals surface area contributed by atoms with Gasteiger partial charge in [0, 0.05) is 39.6 Å². The molecule has 1 N–H and O–H groups in total. The molecule has 3 aromatic heterocycles. The number of H-pyrrole nitrogens is 1. The van der Waals surface area contributed by atoms with Crippen molar-refractivity contribution in [1.82, 2.24) is 15.0 Å². The Morgan fingerprint density at radius 2 is 1.67 bits per heavy atom. The number of hydrogen-bond acceptors (Lipinski definition) is 2. The van der Waals surface area contributed by atoms with Gasteiger partial charge in [0.15, 0.2) is 0 Å². The maximum atomic E-state index is 13.1. The number of pyridine rings is 2. The van der Waals surface area contributed by atoms with Crippen molar-refractivity contribution in [3.05, 3.63) is 71.6 Å². The maximum absolute atomic E-state index is 13.1. The van der Waals surface area contributed by atoms with Crippen LogP contribution in [-0.4, -0.2) is 15.0 Å². The minimum atomic E-state index is -0.457. The zero-order valence-electron chi connectivity index (χ0n) is 15.4. The standard InChI is InChI=1S/C23H20FN3/c1-13-9-18(10-14(2)26-13)23-22(15-3-4-15)19-7-5-16(11-20(19)27-23)17-6-8-21(24)25-12-17/h5-12,15,27H,3-4H2,1-2H3. The lowest BCUT2D eigenvalue weighted by Crippen LogP contribution is -1.90. The van der Waals surface area contributed by atoms with Crippen LogP contribution < -0.4 is 0 Å². The Bertz CT molecular complexity index is 1130. The Balaban J connectivity index is 1.69. The summed E-state index contributed by atoms with van der Waals surface area (Å²) in [5.41, 5.74) is 8.94. The maximum Gasteiger partial charge on any atom is 0.212 e. The molecule has 4 aromatic rings. The number of hydrogen-bond donors (Lipinski definition) is 1. The van der Waals surface area contributed by atoms with Gasteiger partial charge < -0.3 is 4.98 Å². The van der Waals surface area contributed by atoms with Gasteiger partial charge in [-0.15, -0.1) is 0 Å². The van der Waals surface area contributed by atoms with E-state index >= 15 is 0 Å². The van der Waals surface area contributed by atoms with Gasteiger partial charge in [-0.2, -0.15) is 4.39 Å². The molecule has 3 heterocycles. The largest absolute Gasteiger partial charge is 0.354 e. The van der Waals surface area contributed by atoms with E-state index in [1.165, 1.54) is 41.1 Å². The molecule has 134 valence electrons. The van der Waals surface area contributed by atoms with Crippen molar-refractivity contribution in [3.8, 4) is 22.4 Å². The first-order chi connectivity index (χ1) is 13.1. The highest BCUT2D eigenvalue weighted by Gasteiger charge is 2.30. The molecule has 1 aromatic carbocycles. The summed E-state index contributed by atoms with van der Waals surface area (Å²) in [6, 6.07) is 13.9. The molecule has 1 saturated carbocycles. The number of nitrogens with one attached hydrogen (secondary N) is 1. The summed E-state index contributed by atoms with van der Waals surface area (Å²) < 4.78 is 13.1. The Morgan fingerprint density at radius 1 is 0.926 bits per heavy atom. The third kappa shape index (κ3) is 2.91. The molecule has 0 saturated heterocycles. The Morgan fingerprint density at radius 3 is 2.33 bits per heavy atom. The van der Waals surface area contributed by atoms with Gasteiger partial charge in [-0.1, -0.05) is 12.1 Å². The van der Waals surface area contributed by atoms with E-state index < -0.39 is 5.95 Å². The van der Waals surface area contributed by atoms with Crippen molar-refractivity contribution < 1.29 is 4.39 Å². The molecule has 0 atom stereocenters. The second-order valence-electron chi connectivity index (χ2n) is 7.46. The number of aryl methyl sites for hydroxylation is 2. The van der Waals surface area contributed by atoms with Crippen LogP contribution in [-0.2, 0) is 0 Å². The normalized spacial score (nSPS) is 14.0. The molecule has 0 aliphatic heterocycles. The van der Waals surface area contributed by atoms with E-state index in [4.69, 9.17) is 0 Å². The summed E-state index contributed by atoms with van der Waals surface area (Å²) in [4.78, 5) is 11.9. The van der Waals surface area contributed by atoms with E-state index in [2.05, 4.69) is 45.3 Å². The summed E-state index contributed by atoms with van der Waals surface area (Å²) in [7, 11) is 0. The average molecular weight is 357 g/mol. The lowest BCUT2D eigenvalue weighted by atomic mass is 9.99. The molecule has 1 fully saturated rings. The molecule has 0 spiro atoms. The number of aromatic amines is 1. The van der Waals surface area contributed by atoms with Gasteiger partial charge in [-0.3, -0.25) is 4.98 Å². The van der Waals surface area contributed by atoms with Crippen LogP contribution in [0.1, 0.15) is 35.7 Å². The van der Waals surface area contributed by atoms with Gasteiger partial charge in [0.05, 0.1) is 5.69 Å². The number of rotatable bonds is 3. The van der Waals surface area contributed by atoms with Gasteiger partial charge in [-0.05, 0) is 74.1 Å². The Labute approximate surface area is 157 Å². The molecule has 1 aliphatic rings. The minimum absolute atomic E-state index is 0.457. The van der Waals surface area contributed by atoms with E-state index in [1.54, 1.807) is 12.3 Å². The lowest BCUT2D eigenvalue weighted by molar-refractivity contribution is 0.584. The van der Waals surface area contributed by atoms with Gasteiger partial charge >= 0.3 is 0 Å². The molecule has 0 bridgehead atoms. The summed E-state index contributed by atoms with van der Waals surface area (Å²) in [6.07, 6.45) is 4.07. The van der Waals surface area contributed by atoms with Crippen LogP contribution in [0.15, 0.2) is 48.7 Å². The molecule has 0 radical (unpaired) electrons. The van der Waals surface area contributed by atoms with Crippen molar-refractivity contribution in [1.29, 1.82) is 0 Å². The SMILES string of the molecule is Cc1cc(-c2[nH]c3cc(-c4ccc(F)nc4)ccc3c2C2CC2)cc(C)n1. The number of fused-ring (bicyclic) bond motifs is 1. The van der Waals surface area contributed by atoms with E-state index in [0.29, 0.717) is 5.92 Å². The summed E-state index contributed by atoms with van der Waals surface area (Å²) in [6.45, 7) is 4.07. The predicted molar refractivity (Wildman–Crippen MR) is 106 cm³/mol. The van der Waals surface area contributed by atoms with Crippen molar-refractivity contribution >= 4 is 10.9 Å². The molecule has 1 aliphatic carbocycles. The Kier molecular flexibility index (Phi) is 3.61. The second-order valence-corrected chi connectivity index (χ2v) is 7.46. The van der Waals surface area contributed by atoms with Crippen LogP contribution >= 0.6 is 0 Å². The van der Waals surface area contributed by atoms with E-state index in [9.17, 15) is 4.39 Å². The van der Waals surface area contributed by atoms with Gasteiger partial charge in [-0.25, -0.2) is 4.98 Å². The lowest BCUT2D eigenvalue weighted by Gasteiger charge is -2.06. The quantitative estimate of drug-likeness (QED) is 0.462. The molecule has 0 unspecified atom stereocenters. The highest BCUT2D eigenvalue weighted by Crippen LogP contribution is 2.48. The van der Waals surface area contributed by atoms with Gasteiger partial charge in [0.2, 0.25) is 5.95 Å². The highest BCUT2D eigenvalue weighted by atomic mass is 19.1. The monoisotopic (exact) mass is 357 g/mol. The van der Waals surface area contributed by atoms with Crippen LogP contribution in [0.3, 0.4) is 0 Å². The number of halogens is 1. The molecular formula is C23H20FN3. The fraction of sp³-hybridized carbons (Fsp3) is 0.217. The number of nitrogens with zero attached hydrogens (tertiary/aromatic N) is 2. The second kappa shape index (κ2) is 6.02. The molecule has 27 heavy (non-hydrogen) atoms. The molecule has 3 nitrogen and oxygen atoms in total. The third-order valence-corrected chi connectivity index (χ3v) is 5.26. The van der Waals surface area contributed by atoms with Crippen LogP contribution in [0, 0.1) is 19.8 Å². The van der Waals surface area contributed by atoms with Gasteiger partial charge in [0.1, 0.15) is 0 Å². The summed E-state index contributed by atoms with van der Waals surface area (Å²) >= 11 is 0. The van der Waals surface area contributed by atoms with E-state index in [0.717, 1.165) is 28.0 Å². The first kappa shape index (κ1) is 16.2. The van der Waals surface area contributed by atoms with Crippen LogP contribution in [0.4, 0.5) is 4.39 Å². The van der Waals surface area contributed by atoms with Crippen molar-refractivity contribution in [2.24, 2.45) is 0 Å². The number of aromatic nitrogens is 3. The third-order valence-electron chi connectivity index (χ3n) is 5.26. The van der Waals surface area contributed by atoms with E-state index in [1.807, 2.05) is 13.8 Å². The minimum Gasteiger partial charge on any atom is -0.354 e. The van der Waals surface area contributed by atoms with Crippen molar-refractivity contribution in [2.75, 3.05) is 0 Å². The van der Waals surface area contributed by atoms with Crippen LogP contribution in [0.25, 0.3) is 33.3 Å². The molecular weight excluding hydrogens is 337 g/mol. The topological polar surface area (TPSA) is 41.6 Å². The smallest absolute Gasteiger partial charge is 0.212 e. The predicted octanol–water partition coefficient (Wildman–Crippen LogP) is 5.93. The zero-order chi connectivity index (χ0) is 18.5. The summed E-state index contributed by atoms with van der Waals surface area (Å²) in [5.74, 6) is 0.169. The molecule has 5 rings (SSSR count). The summed E-state index contributed by atoms with van der Waals surface area (Å²) in [5, 5.41) is 1.28. The molecule has 0 amide bonds. The number of benzene rings is 1. The van der Waals surface area contributed by atoms with Crippen molar-refractivity contribution in [3.63, 3.8) is 0 Å². The molecule has 4 heteroatoms. The van der Waals surface area contributed by atoms with E-state index in [-0.39, 0.29) is 0 Å². The van der Waals surface area contributed by atoms with Gasteiger partial charge in [0.25, 0.3) is 0 Å². The Hall–Kier alpha value is -3.01. The average Bonchev–Trinajstić information content (AvgIpc) is 3.41. The zero-order valence-corrected chi connectivity index (χ0v) is 15.4. The first-order valence-electron chi connectivity index (χ1n) is 9.32. The van der Waals surface area contributed by atoms with Crippen molar-refractivity contribution in [2.45, 2.75) is 32.6 Å². The van der Waals surface area contributed by atoms with Crippen LogP contribution in [0.5, 0.6) is 0 Å². The fourth-order valence-corrected chi connectivity index (χ4v) is 3.95. The fourth-order valence-electron chi connectivity index (χ4n) is 3.95. The first-order valence-corrected chi connectivity index (χ1v) is 9.32.